The molecule has 3 aromatic heterocycles. The van der Waals surface area contributed by atoms with Crippen molar-refractivity contribution in [1.29, 1.82) is 5.26 Å². The standard InChI is InChI=1S/C26H16N4O2/c27-16-19(23-11-6-7-13-28-23)14-20-17-30(21-9-2-1-3-10-21)29-25(20)22-15-18-8-4-5-12-24(18)32-26(22)31/h1-15,17H/b19-14-. The minimum atomic E-state index is -0.493. The number of allylic oxidation sites excluding steroid dienone is 1. The van der Waals surface area contributed by atoms with Gasteiger partial charge in [0.15, 0.2) is 0 Å². The third-order valence-electron chi connectivity index (χ3n) is 5.02. The Labute approximate surface area is 183 Å². The first-order valence-electron chi connectivity index (χ1n) is 9.94. The van der Waals surface area contributed by atoms with Crippen LogP contribution in [-0.2, 0) is 0 Å². The molecule has 0 unspecified atom stereocenters. The summed E-state index contributed by atoms with van der Waals surface area (Å²) >= 11 is 0. The van der Waals surface area contributed by atoms with E-state index < -0.39 is 5.63 Å². The van der Waals surface area contributed by atoms with Gasteiger partial charge in [-0.15, -0.1) is 0 Å². The number of rotatable bonds is 4. The molecule has 5 rings (SSSR count). The first kappa shape index (κ1) is 19.2. The molecule has 0 amide bonds. The molecular formula is C26H16N4O2. The van der Waals surface area contributed by atoms with Gasteiger partial charge in [0.05, 0.1) is 22.5 Å². The van der Waals surface area contributed by atoms with Crippen LogP contribution in [0.15, 0.2) is 100 Å². The first-order valence-corrected chi connectivity index (χ1v) is 9.94. The molecule has 0 N–H and O–H groups in total. The van der Waals surface area contributed by atoms with Crippen molar-refractivity contribution in [2.24, 2.45) is 0 Å². The lowest BCUT2D eigenvalue weighted by atomic mass is 10.0. The van der Waals surface area contributed by atoms with Crippen LogP contribution in [0.1, 0.15) is 11.3 Å². The second-order valence-corrected chi connectivity index (χ2v) is 7.08. The van der Waals surface area contributed by atoms with Crippen LogP contribution in [0.2, 0.25) is 0 Å². The normalized spacial score (nSPS) is 11.4. The van der Waals surface area contributed by atoms with Gasteiger partial charge in [0.2, 0.25) is 0 Å². The summed E-state index contributed by atoms with van der Waals surface area (Å²) in [6, 6.07) is 26.2. The van der Waals surface area contributed by atoms with Crippen LogP contribution in [0.5, 0.6) is 0 Å². The summed E-state index contributed by atoms with van der Waals surface area (Å²) in [6.45, 7) is 0. The van der Waals surface area contributed by atoms with E-state index >= 15 is 0 Å². The lowest BCUT2D eigenvalue weighted by Gasteiger charge is -2.02. The number of nitriles is 1. The predicted octanol–water partition coefficient (Wildman–Crippen LogP) is 5.10. The van der Waals surface area contributed by atoms with Gasteiger partial charge in [-0.25, -0.2) is 9.48 Å². The van der Waals surface area contributed by atoms with Crippen LogP contribution in [0.25, 0.3) is 39.6 Å². The monoisotopic (exact) mass is 416 g/mol. The summed E-state index contributed by atoms with van der Waals surface area (Å²) in [5.74, 6) is 0. The zero-order valence-electron chi connectivity index (χ0n) is 16.8. The molecule has 0 bridgehead atoms. The minimum Gasteiger partial charge on any atom is -0.422 e. The van der Waals surface area contributed by atoms with Gasteiger partial charge < -0.3 is 4.42 Å². The Morgan fingerprint density at radius 1 is 1.00 bits per heavy atom. The molecule has 0 atom stereocenters. The van der Waals surface area contributed by atoms with E-state index in [4.69, 9.17) is 4.42 Å². The van der Waals surface area contributed by atoms with Gasteiger partial charge in [-0.3, -0.25) is 4.98 Å². The fourth-order valence-electron chi connectivity index (χ4n) is 3.48. The number of para-hydroxylation sites is 2. The molecule has 0 radical (unpaired) electrons. The van der Waals surface area contributed by atoms with Crippen molar-refractivity contribution in [3.63, 3.8) is 0 Å². The summed E-state index contributed by atoms with van der Waals surface area (Å²) in [7, 11) is 0. The smallest absolute Gasteiger partial charge is 0.345 e. The number of fused-ring (bicyclic) bond motifs is 1. The molecule has 6 nitrogen and oxygen atoms in total. The van der Waals surface area contributed by atoms with Gasteiger partial charge in [-0.1, -0.05) is 42.5 Å². The van der Waals surface area contributed by atoms with Crippen molar-refractivity contribution in [3.8, 4) is 23.0 Å². The number of aromatic nitrogens is 3. The third-order valence-corrected chi connectivity index (χ3v) is 5.02. The van der Waals surface area contributed by atoms with Gasteiger partial charge in [-0.2, -0.15) is 10.4 Å². The van der Waals surface area contributed by atoms with Crippen molar-refractivity contribution in [2.75, 3.05) is 0 Å². The van der Waals surface area contributed by atoms with Gasteiger partial charge in [0, 0.05) is 23.3 Å². The largest absolute Gasteiger partial charge is 0.422 e. The van der Waals surface area contributed by atoms with Crippen molar-refractivity contribution in [3.05, 3.63) is 113 Å². The average molecular weight is 416 g/mol. The van der Waals surface area contributed by atoms with E-state index in [0.717, 1.165) is 11.1 Å². The summed E-state index contributed by atoms with van der Waals surface area (Å²) in [5.41, 5.74) is 3.11. The highest BCUT2D eigenvalue weighted by atomic mass is 16.4. The average Bonchev–Trinajstić information content (AvgIpc) is 3.27. The molecule has 6 heteroatoms. The molecule has 3 heterocycles. The maximum atomic E-state index is 12.8. The van der Waals surface area contributed by atoms with E-state index in [0.29, 0.717) is 33.7 Å². The Balaban J connectivity index is 1.74. The predicted molar refractivity (Wildman–Crippen MR) is 123 cm³/mol. The summed E-state index contributed by atoms with van der Waals surface area (Å²) in [5, 5.41) is 15.2. The second-order valence-electron chi connectivity index (χ2n) is 7.08. The van der Waals surface area contributed by atoms with Crippen molar-refractivity contribution >= 4 is 22.6 Å². The van der Waals surface area contributed by atoms with Crippen LogP contribution in [-0.4, -0.2) is 14.8 Å². The van der Waals surface area contributed by atoms with E-state index in [1.165, 1.54) is 0 Å². The van der Waals surface area contributed by atoms with Gasteiger partial charge >= 0.3 is 5.63 Å². The molecule has 0 aliphatic heterocycles. The number of pyridine rings is 1. The Morgan fingerprint density at radius 2 is 1.78 bits per heavy atom. The first-order chi connectivity index (χ1) is 15.7. The highest BCUT2D eigenvalue weighted by Gasteiger charge is 2.17. The molecular weight excluding hydrogens is 400 g/mol. The molecule has 0 aliphatic rings. The zero-order chi connectivity index (χ0) is 21.9. The quantitative estimate of drug-likeness (QED) is 0.300. The zero-order valence-corrected chi connectivity index (χ0v) is 16.8. The Bertz CT molecular complexity index is 1540. The van der Waals surface area contributed by atoms with Crippen LogP contribution < -0.4 is 5.63 Å². The van der Waals surface area contributed by atoms with Crippen LogP contribution in [0, 0.1) is 11.3 Å². The van der Waals surface area contributed by atoms with Crippen molar-refractivity contribution < 1.29 is 4.42 Å². The number of hydrogen-bond donors (Lipinski definition) is 0. The molecule has 2 aromatic carbocycles. The fourth-order valence-corrected chi connectivity index (χ4v) is 3.48. The second kappa shape index (κ2) is 8.17. The maximum Gasteiger partial charge on any atom is 0.345 e. The molecule has 0 fully saturated rings. The number of hydrogen-bond acceptors (Lipinski definition) is 5. The summed E-state index contributed by atoms with van der Waals surface area (Å²) in [6.07, 6.45) is 5.12. The van der Waals surface area contributed by atoms with Crippen molar-refractivity contribution in [2.45, 2.75) is 0 Å². The maximum absolute atomic E-state index is 12.8. The molecule has 0 saturated heterocycles. The van der Waals surface area contributed by atoms with Crippen LogP contribution in [0.3, 0.4) is 0 Å². The molecule has 0 aliphatic carbocycles. The molecule has 32 heavy (non-hydrogen) atoms. The van der Waals surface area contributed by atoms with Crippen LogP contribution >= 0.6 is 0 Å². The van der Waals surface area contributed by atoms with E-state index in [9.17, 15) is 10.1 Å². The Kier molecular flexibility index (Phi) is 4.91. The minimum absolute atomic E-state index is 0.322. The lowest BCUT2D eigenvalue weighted by molar-refractivity contribution is 0.563. The van der Waals surface area contributed by atoms with E-state index in [1.54, 1.807) is 47.4 Å². The molecule has 0 saturated carbocycles. The van der Waals surface area contributed by atoms with Gasteiger partial charge in [0.1, 0.15) is 17.3 Å². The van der Waals surface area contributed by atoms with Gasteiger partial charge in [-0.05, 0) is 42.5 Å². The topological polar surface area (TPSA) is 84.7 Å². The van der Waals surface area contributed by atoms with Crippen molar-refractivity contribution in [1.82, 2.24) is 14.8 Å². The Hall–Kier alpha value is -4.76. The van der Waals surface area contributed by atoms with E-state index in [-0.39, 0.29) is 0 Å². The third kappa shape index (κ3) is 3.59. The van der Waals surface area contributed by atoms with Crippen LogP contribution in [0.4, 0.5) is 0 Å². The number of benzene rings is 2. The molecule has 152 valence electrons. The SMILES string of the molecule is N#C/C(=C/c1cn(-c2ccccc2)nc1-c1cc2ccccc2oc1=O)c1ccccn1. The fraction of sp³-hybridized carbons (Fsp3) is 0. The molecule has 0 spiro atoms. The highest BCUT2D eigenvalue weighted by molar-refractivity contribution is 5.92. The van der Waals surface area contributed by atoms with E-state index in [1.807, 2.05) is 54.6 Å². The Morgan fingerprint density at radius 3 is 2.56 bits per heavy atom. The molecule has 5 aromatic rings. The summed E-state index contributed by atoms with van der Waals surface area (Å²) < 4.78 is 7.21. The number of nitrogens with zero attached hydrogens (tertiary/aromatic N) is 4. The highest BCUT2D eigenvalue weighted by Crippen LogP contribution is 2.27. The summed E-state index contributed by atoms with van der Waals surface area (Å²) in [4.78, 5) is 17.1. The lowest BCUT2D eigenvalue weighted by Crippen LogP contribution is -2.04. The van der Waals surface area contributed by atoms with E-state index in [2.05, 4.69) is 16.2 Å². The van der Waals surface area contributed by atoms with Gasteiger partial charge in [0.25, 0.3) is 0 Å².